The summed E-state index contributed by atoms with van der Waals surface area (Å²) >= 11 is 2.80. The number of rotatable bonds is 2. The maximum atomic E-state index is 12.6. The van der Waals surface area contributed by atoms with E-state index in [1.165, 1.54) is 11.8 Å². The summed E-state index contributed by atoms with van der Waals surface area (Å²) in [7, 11) is 0. The Morgan fingerprint density at radius 3 is 2.77 bits per heavy atom. The summed E-state index contributed by atoms with van der Waals surface area (Å²) in [5.41, 5.74) is 3.15. The highest BCUT2D eigenvalue weighted by atomic mass is 32.2. The van der Waals surface area contributed by atoms with Gasteiger partial charge in [0.1, 0.15) is 5.75 Å². The number of hydrazone groups is 1. The van der Waals surface area contributed by atoms with Crippen molar-refractivity contribution in [2.24, 2.45) is 5.10 Å². The summed E-state index contributed by atoms with van der Waals surface area (Å²) in [6, 6.07) is 22.2. The second-order valence-electron chi connectivity index (χ2n) is 7.30. The monoisotopic (exact) mass is 431 g/mol. The number of thioether (sulfide) groups is 1. The smallest absolute Gasteiger partial charge is 0.314 e. The predicted octanol–water partition coefficient (Wildman–Crippen LogP) is 5.44. The SMILES string of the molecule is O=C1N[C@@]2(Oc3ccccc3[C@@H]3CC(c4ccccc4)=NN32)/C(=C/c2cccs2)S1. The van der Waals surface area contributed by atoms with Gasteiger partial charge in [-0.2, -0.15) is 5.10 Å². The number of fused-ring (bicyclic) bond motifs is 4. The molecule has 2 aromatic carbocycles. The molecule has 0 unspecified atom stereocenters. The molecule has 30 heavy (non-hydrogen) atoms. The Morgan fingerprint density at radius 2 is 1.93 bits per heavy atom. The van der Waals surface area contributed by atoms with Gasteiger partial charge in [0.2, 0.25) is 0 Å². The molecule has 2 atom stereocenters. The maximum absolute atomic E-state index is 12.6. The van der Waals surface area contributed by atoms with E-state index in [1.54, 1.807) is 11.3 Å². The average molecular weight is 432 g/mol. The molecule has 0 radical (unpaired) electrons. The van der Waals surface area contributed by atoms with E-state index in [0.717, 1.165) is 38.8 Å². The summed E-state index contributed by atoms with van der Waals surface area (Å²) in [4.78, 5) is 14.4. The molecule has 1 N–H and O–H groups in total. The first-order valence-corrected chi connectivity index (χ1v) is 11.4. The molecular formula is C23H17N3O2S2. The van der Waals surface area contributed by atoms with Crippen molar-refractivity contribution in [2.45, 2.75) is 18.3 Å². The number of thiophene rings is 1. The lowest BCUT2D eigenvalue weighted by Crippen LogP contribution is -2.61. The van der Waals surface area contributed by atoms with Gasteiger partial charge < -0.3 is 4.74 Å². The molecule has 7 heteroatoms. The zero-order chi connectivity index (χ0) is 20.1. The molecule has 0 aliphatic carbocycles. The van der Waals surface area contributed by atoms with Gasteiger partial charge in [0.25, 0.3) is 5.24 Å². The van der Waals surface area contributed by atoms with Crippen molar-refractivity contribution in [1.82, 2.24) is 10.3 Å². The number of carbonyl (C=O) groups is 1. The second-order valence-corrected chi connectivity index (χ2v) is 9.29. The Balaban J connectivity index is 1.53. The largest absolute Gasteiger partial charge is 0.444 e. The van der Waals surface area contributed by atoms with Gasteiger partial charge in [0.15, 0.2) is 0 Å². The van der Waals surface area contributed by atoms with Gasteiger partial charge in [0, 0.05) is 16.9 Å². The van der Waals surface area contributed by atoms with Crippen LogP contribution in [0.25, 0.3) is 6.08 Å². The fourth-order valence-electron chi connectivity index (χ4n) is 4.17. The number of amides is 1. The van der Waals surface area contributed by atoms with E-state index in [0.29, 0.717) is 0 Å². The highest BCUT2D eigenvalue weighted by Gasteiger charge is 2.58. The molecule has 3 aromatic rings. The van der Waals surface area contributed by atoms with E-state index < -0.39 is 5.85 Å². The lowest BCUT2D eigenvalue weighted by atomic mass is 9.96. The molecule has 1 spiro atoms. The quantitative estimate of drug-likeness (QED) is 0.587. The number of ether oxygens (including phenoxy) is 1. The third-order valence-corrected chi connectivity index (χ3v) is 7.22. The normalized spacial score (nSPS) is 25.7. The van der Waals surface area contributed by atoms with Crippen LogP contribution in [-0.2, 0) is 0 Å². The van der Waals surface area contributed by atoms with Crippen LogP contribution in [0.15, 0.2) is 82.1 Å². The molecular weight excluding hydrogens is 414 g/mol. The van der Waals surface area contributed by atoms with Gasteiger partial charge in [-0.15, -0.1) is 11.3 Å². The van der Waals surface area contributed by atoms with Gasteiger partial charge in [0.05, 0.1) is 16.7 Å². The van der Waals surface area contributed by atoms with Crippen LogP contribution in [0.5, 0.6) is 5.75 Å². The highest BCUT2D eigenvalue weighted by Crippen LogP contribution is 2.52. The Kier molecular flexibility index (Phi) is 4.01. The van der Waals surface area contributed by atoms with Crippen molar-refractivity contribution < 1.29 is 9.53 Å². The Labute approximate surface area is 182 Å². The van der Waals surface area contributed by atoms with Gasteiger partial charge in [-0.25, -0.2) is 5.01 Å². The van der Waals surface area contributed by atoms with Crippen molar-refractivity contribution in [3.63, 3.8) is 0 Å². The molecule has 4 heterocycles. The van der Waals surface area contributed by atoms with E-state index >= 15 is 0 Å². The van der Waals surface area contributed by atoms with Crippen LogP contribution in [0.2, 0.25) is 0 Å². The number of hydrogen-bond acceptors (Lipinski definition) is 6. The number of benzene rings is 2. The minimum Gasteiger partial charge on any atom is -0.444 e. The number of para-hydroxylation sites is 1. The van der Waals surface area contributed by atoms with Crippen LogP contribution in [0.1, 0.15) is 28.5 Å². The van der Waals surface area contributed by atoms with Crippen LogP contribution in [-0.4, -0.2) is 21.8 Å². The topological polar surface area (TPSA) is 53.9 Å². The van der Waals surface area contributed by atoms with E-state index in [4.69, 9.17) is 9.84 Å². The van der Waals surface area contributed by atoms with Gasteiger partial charge in [-0.3, -0.25) is 10.1 Å². The molecule has 6 rings (SSSR count). The third-order valence-electron chi connectivity index (χ3n) is 5.50. The summed E-state index contributed by atoms with van der Waals surface area (Å²) < 4.78 is 6.51. The number of nitrogens with zero attached hydrogens (tertiary/aromatic N) is 2. The summed E-state index contributed by atoms with van der Waals surface area (Å²) in [5.74, 6) is -0.357. The summed E-state index contributed by atoms with van der Waals surface area (Å²) in [6.07, 6.45) is 2.77. The standard InChI is InChI=1S/C23H17N3O2S2/c27-22-24-23(21(30-22)13-16-9-6-12-29-16)26-19(17-10-4-5-11-20(17)28-23)14-18(25-26)15-7-2-1-3-8-15/h1-13,19H,14H2,(H,24,27)/b21-13-/t19-,23-/m0/s1. The average Bonchev–Trinajstić information content (AvgIpc) is 3.50. The van der Waals surface area contributed by atoms with Crippen molar-refractivity contribution in [3.05, 3.63) is 93.0 Å². The Bertz CT molecular complexity index is 1190. The molecule has 1 saturated heterocycles. The fourth-order valence-corrected chi connectivity index (χ4v) is 5.80. The van der Waals surface area contributed by atoms with E-state index in [9.17, 15) is 4.79 Å². The lowest BCUT2D eigenvalue weighted by molar-refractivity contribution is -0.0949. The minimum atomic E-state index is -1.14. The summed E-state index contributed by atoms with van der Waals surface area (Å²) in [6.45, 7) is 0. The van der Waals surface area contributed by atoms with Crippen molar-refractivity contribution in [3.8, 4) is 5.75 Å². The number of nitrogens with one attached hydrogen (secondary N) is 1. The minimum absolute atomic E-state index is 0.0177. The molecule has 5 nitrogen and oxygen atoms in total. The Morgan fingerprint density at radius 1 is 1.10 bits per heavy atom. The molecule has 1 fully saturated rings. The molecule has 1 amide bonds. The van der Waals surface area contributed by atoms with Crippen molar-refractivity contribution >= 4 is 40.1 Å². The first kappa shape index (κ1) is 17.8. The highest BCUT2D eigenvalue weighted by molar-refractivity contribution is 8.17. The zero-order valence-corrected chi connectivity index (χ0v) is 17.5. The van der Waals surface area contributed by atoms with Crippen LogP contribution in [0, 0.1) is 0 Å². The lowest BCUT2D eigenvalue weighted by Gasteiger charge is -2.45. The van der Waals surface area contributed by atoms with Gasteiger partial charge in [-0.05, 0) is 40.9 Å². The molecule has 148 valence electrons. The van der Waals surface area contributed by atoms with Gasteiger partial charge in [-0.1, -0.05) is 54.6 Å². The number of carbonyl (C=O) groups excluding carboxylic acids is 1. The molecule has 3 aliphatic rings. The van der Waals surface area contributed by atoms with E-state index in [2.05, 4.69) is 23.5 Å². The Hall–Kier alpha value is -3.03. The first-order valence-electron chi connectivity index (χ1n) is 9.69. The van der Waals surface area contributed by atoms with Crippen molar-refractivity contribution in [1.29, 1.82) is 0 Å². The molecule has 1 aromatic heterocycles. The molecule has 0 saturated carbocycles. The molecule has 0 bridgehead atoms. The van der Waals surface area contributed by atoms with Crippen LogP contribution >= 0.6 is 23.1 Å². The van der Waals surface area contributed by atoms with E-state index in [-0.39, 0.29) is 11.3 Å². The molecule has 3 aliphatic heterocycles. The summed E-state index contributed by atoms with van der Waals surface area (Å²) in [5, 5.41) is 11.9. The predicted molar refractivity (Wildman–Crippen MR) is 120 cm³/mol. The van der Waals surface area contributed by atoms with Crippen LogP contribution in [0.4, 0.5) is 4.79 Å². The van der Waals surface area contributed by atoms with Crippen molar-refractivity contribution in [2.75, 3.05) is 0 Å². The maximum Gasteiger partial charge on any atom is 0.314 e. The van der Waals surface area contributed by atoms with E-state index in [1.807, 2.05) is 65.0 Å². The second kappa shape index (κ2) is 6.75. The van der Waals surface area contributed by atoms with Crippen LogP contribution in [0.3, 0.4) is 0 Å². The fraction of sp³-hybridized carbons (Fsp3) is 0.130. The van der Waals surface area contributed by atoms with Crippen LogP contribution < -0.4 is 10.1 Å². The zero-order valence-electron chi connectivity index (χ0n) is 15.8. The van der Waals surface area contributed by atoms with Gasteiger partial charge >= 0.3 is 5.85 Å². The third kappa shape index (κ3) is 2.69. The first-order chi connectivity index (χ1) is 14.7. The number of hydrogen-bond donors (Lipinski definition) is 1.